The number of halogens is 1. The molecule has 2 rings (SSSR count). The third kappa shape index (κ3) is 4.82. The van der Waals surface area contributed by atoms with E-state index in [-0.39, 0.29) is 0 Å². The van der Waals surface area contributed by atoms with E-state index in [0.717, 1.165) is 23.1 Å². The maximum atomic E-state index is 6.11. The maximum absolute atomic E-state index is 6.11. The summed E-state index contributed by atoms with van der Waals surface area (Å²) in [5, 5.41) is 5.24. The molecule has 106 valence electrons. The number of pyridine rings is 1. The molecule has 0 bridgehead atoms. The number of nitrogens with one attached hydrogen (secondary N) is 1. The Kier molecular flexibility index (Phi) is 5.89. The molecule has 0 aliphatic carbocycles. The minimum atomic E-state index is 0.640. The van der Waals surface area contributed by atoms with Crippen molar-refractivity contribution < 1.29 is 0 Å². The standard InChI is InChI=1S/C16H19ClN2S/c1-12(2)10-18-11-13-9-14(17)6-7-15(13)20-16-5-3-4-8-19-16/h3-9,12,18H,10-11H2,1-2H3. The fourth-order valence-electron chi connectivity index (χ4n) is 1.80. The van der Waals surface area contributed by atoms with Gasteiger partial charge >= 0.3 is 0 Å². The highest BCUT2D eigenvalue weighted by Crippen LogP contribution is 2.30. The summed E-state index contributed by atoms with van der Waals surface area (Å²) in [6.45, 7) is 6.23. The van der Waals surface area contributed by atoms with E-state index in [1.54, 1.807) is 11.8 Å². The average molecular weight is 307 g/mol. The fourth-order valence-corrected chi connectivity index (χ4v) is 2.88. The Morgan fingerprint density at radius 1 is 1.25 bits per heavy atom. The van der Waals surface area contributed by atoms with Crippen LogP contribution in [0.5, 0.6) is 0 Å². The highest BCUT2D eigenvalue weighted by atomic mass is 35.5. The van der Waals surface area contributed by atoms with Gasteiger partial charge in [-0.3, -0.25) is 0 Å². The number of nitrogens with zero attached hydrogens (tertiary/aromatic N) is 1. The monoisotopic (exact) mass is 306 g/mol. The lowest BCUT2D eigenvalue weighted by Crippen LogP contribution is -2.19. The summed E-state index contributed by atoms with van der Waals surface area (Å²) >= 11 is 7.78. The van der Waals surface area contributed by atoms with Crippen molar-refractivity contribution in [3.8, 4) is 0 Å². The highest BCUT2D eigenvalue weighted by molar-refractivity contribution is 7.99. The third-order valence-electron chi connectivity index (χ3n) is 2.74. The van der Waals surface area contributed by atoms with Gasteiger partial charge in [0, 0.05) is 22.7 Å². The van der Waals surface area contributed by atoms with Crippen LogP contribution in [0.2, 0.25) is 5.02 Å². The van der Waals surface area contributed by atoms with Gasteiger partial charge in [0.1, 0.15) is 5.03 Å². The molecule has 0 fully saturated rings. The van der Waals surface area contributed by atoms with Gasteiger partial charge in [-0.25, -0.2) is 4.98 Å². The van der Waals surface area contributed by atoms with Gasteiger partial charge in [-0.2, -0.15) is 0 Å². The van der Waals surface area contributed by atoms with Crippen molar-refractivity contribution in [3.63, 3.8) is 0 Å². The minimum absolute atomic E-state index is 0.640. The second-order valence-corrected chi connectivity index (χ2v) is 6.55. The third-order valence-corrected chi connectivity index (χ3v) is 4.05. The Labute approximate surface area is 130 Å². The maximum Gasteiger partial charge on any atom is 0.101 e. The molecule has 0 aliphatic heterocycles. The van der Waals surface area contributed by atoms with Crippen molar-refractivity contribution in [2.24, 2.45) is 5.92 Å². The number of aromatic nitrogens is 1. The lowest BCUT2D eigenvalue weighted by Gasteiger charge is -2.12. The molecular weight excluding hydrogens is 288 g/mol. The molecule has 2 nitrogen and oxygen atoms in total. The molecule has 1 aromatic heterocycles. The predicted octanol–water partition coefficient (Wildman–Crippen LogP) is 4.63. The molecular formula is C16H19ClN2S. The van der Waals surface area contributed by atoms with Gasteiger partial charge < -0.3 is 5.32 Å². The summed E-state index contributed by atoms with van der Waals surface area (Å²) < 4.78 is 0. The van der Waals surface area contributed by atoms with Crippen LogP contribution in [0.15, 0.2) is 52.5 Å². The van der Waals surface area contributed by atoms with E-state index in [9.17, 15) is 0 Å². The Hall–Kier alpha value is -1.03. The Morgan fingerprint density at radius 2 is 2.10 bits per heavy atom. The van der Waals surface area contributed by atoms with Gasteiger partial charge in [0.15, 0.2) is 0 Å². The van der Waals surface area contributed by atoms with Crippen molar-refractivity contribution in [2.75, 3.05) is 6.54 Å². The summed E-state index contributed by atoms with van der Waals surface area (Å²) in [6.07, 6.45) is 1.81. The summed E-state index contributed by atoms with van der Waals surface area (Å²) in [5.41, 5.74) is 1.22. The van der Waals surface area contributed by atoms with E-state index in [4.69, 9.17) is 11.6 Å². The second-order valence-electron chi connectivity index (χ2n) is 5.05. The van der Waals surface area contributed by atoms with E-state index in [1.165, 1.54) is 10.5 Å². The summed E-state index contributed by atoms with van der Waals surface area (Å²) in [6, 6.07) is 12.0. The van der Waals surface area contributed by atoms with Crippen LogP contribution in [0, 0.1) is 5.92 Å². The van der Waals surface area contributed by atoms with Crippen LogP contribution in [0.3, 0.4) is 0 Å². The highest BCUT2D eigenvalue weighted by Gasteiger charge is 2.06. The first-order valence-electron chi connectivity index (χ1n) is 6.73. The number of hydrogen-bond donors (Lipinski definition) is 1. The molecule has 0 amide bonds. The molecule has 1 heterocycles. The van der Waals surface area contributed by atoms with Crippen LogP contribution in [0.25, 0.3) is 0 Å². The Balaban J connectivity index is 2.11. The summed E-state index contributed by atoms with van der Waals surface area (Å²) in [4.78, 5) is 5.55. The number of benzene rings is 1. The summed E-state index contributed by atoms with van der Waals surface area (Å²) in [7, 11) is 0. The van der Waals surface area contributed by atoms with E-state index in [1.807, 2.05) is 36.5 Å². The normalized spacial score (nSPS) is 11.0. The Morgan fingerprint density at radius 3 is 2.80 bits per heavy atom. The molecule has 0 atom stereocenters. The molecule has 4 heteroatoms. The molecule has 20 heavy (non-hydrogen) atoms. The smallest absolute Gasteiger partial charge is 0.101 e. The molecule has 1 N–H and O–H groups in total. The van der Waals surface area contributed by atoms with Gasteiger partial charge in [-0.15, -0.1) is 0 Å². The topological polar surface area (TPSA) is 24.9 Å². The van der Waals surface area contributed by atoms with Crippen LogP contribution in [-0.2, 0) is 6.54 Å². The number of rotatable bonds is 6. The van der Waals surface area contributed by atoms with Crippen molar-refractivity contribution in [1.82, 2.24) is 10.3 Å². The summed E-state index contributed by atoms with van der Waals surface area (Å²) in [5.74, 6) is 0.640. The zero-order chi connectivity index (χ0) is 14.4. The molecule has 0 radical (unpaired) electrons. The van der Waals surface area contributed by atoms with Gasteiger partial charge in [0.2, 0.25) is 0 Å². The molecule has 2 aromatic rings. The van der Waals surface area contributed by atoms with Crippen molar-refractivity contribution in [2.45, 2.75) is 30.3 Å². The van der Waals surface area contributed by atoms with Crippen LogP contribution >= 0.6 is 23.4 Å². The SMILES string of the molecule is CC(C)CNCc1cc(Cl)ccc1Sc1ccccn1. The molecule has 0 aliphatic rings. The van der Waals surface area contributed by atoms with E-state index < -0.39 is 0 Å². The lowest BCUT2D eigenvalue weighted by molar-refractivity contribution is 0.550. The largest absolute Gasteiger partial charge is 0.312 e. The number of hydrogen-bond acceptors (Lipinski definition) is 3. The van der Waals surface area contributed by atoms with Crippen LogP contribution < -0.4 is 5.32 Å². The molecule has 1 aromatic carbocycles. The van der Waals surface area contributed by atoms with E-state index in [2.05, 4.69) is 30.2 Å². The minimum Gasteiger partial charge on any atom is -0.312 e. The van der Waals surface area contributed by atoms with Gasteiger partial charge in [-0.1, -0.05) is 43.3 Å². The fraction of sp³-hybridized carbons (Fsp3) is 0.312. The first-order chi connectivity index (χ1) is 9.65. The molecule has 0 unspecified atom stereocenters. The van der Waals surface area contributed by atoms with Crippen LogP contribution in [0.1, 0.15) is 19.4 Å². The van der Waals surface area contributed by atoms with E-state index >= 15 is 0 Å². The first kappa shape index (κ1) is 15.4. The Bertz CT molecular complexity index is 543. The molecule has 0 spiro atoms. The molecule has 0 saturated carbocycles. The van der Waals surface area contributed by atoms with Crippen LogP contribution in [-0.4, -0.2) is 11.5 Å². The quantitative estimate of drug-likeness (QED) is 0.842. The zero-order valence-electron chi connectivity index (χ0n) is 11.8. The average Bonchev–Trinajstić information content (AvgIpc) is 2.42. The van der Waals surface area contributed by atoms with Crippen molar-refractivity contribution >= 4 is 23.4 Å². The van der Waals surface area contributed by atoms with Crippen molar-refractivity contribution in [1.29, 1.82) is 0 Å². The van der Waals surface area contributed by atoms with Gasteiger partial charge in [0.05, 0.1) is 0 Å². The zero-order valence-corrected chi connectivity index (χ0v) is 13.3. The van der Waals surface area contributed by atoms with Crippen LogP contribution in [0.4, 0.5) is 0 Å². The lowest BCUT2D eigenvalue weighted by atomic mass is 10.2. The second kappa shape index (κ2) is 7.67. The predicted molar refractivity (Wildman–Crippen MR) is 86.4 cm³/mol. The van der Waals surface area contributed by atoms with Gasteiger partial charge in [0.25, 0.3) is 0 Å². The van der Waals surface area contributed by atoms with E-state index in [0.29, 0.717) is 5.92 Å². The van der Waals surface area contributed by atoms with Crippen molar-refractivity contribution in [3.05, 3.63) is 53.2 Å². The first-order valence-corrected chi connectivity index (χ1v) is 7.92. The molecule has 0 saturated heterocycles. The van der Waals surface area contributed by atoms with Gasteiger partial charge in [-0.05, 0) is 48.4 Å².